The lowest BCUT2D eigenvalue weighted by Gasteiger charge is -2.22. The van der Waals surface area contributed by atoms with Gasteiger partial charge in [-0.05, 0) is 52.0 Å². The molecule has 1 saturated carbocycles. The van der Waals surface area contributed by atoms with E-state index in [1.165, 1.54) is 12.8 Å². The van der Waals surface area contributed by atoms with Gasteiger partial charge in [0.2, 0.25) is 5.91 Å². The Balaban J connectivity index is 1.50. The van der Waals surface area contributed by atoms with E-state index in [9.17, 15) is 4.79 Å². The van der Waals surface area contributed by atoms with Gasteiger partial charge >= 0.3 is 0 Å². The van der Waals surface area contributed by atoms with Crippen LogP contribution in [0.25, 0.3) is 0 Å². The smallest absolute Gasteiger partial charge is 0.239 e. The van der Waals surface area contributed by atoms with Crippen LogP contribution in [0.2, 0.25) is 0 Å². The number of hydrogen-bond donors (Lipinski definition) is 2. The van der Waals surface area contributed by atoms with E-state index in [2.05, 4.69) is 41.6 Å². The van der Waals surface area contributed by atoms with E-state index in [1.54, 1.807) is 6.20 Å². The Kier molecular flexibility index (Phi) is 5.22. The summed E-state index contributed by atoms with van der Waals surface area (Å²) in [5.41, 5.74) is 1.13. The fourth-order valence-electron chi connectivity index (χ4n) is 3.01. The van der Waals surface area contributed by atoms with Crippen molar-refractivity contribution in [1.29, 1.82) is 0 Å². The fraction of sp³-hybridized carbons (Fsp3) is 0.611. The number of rotatable bonds is 8. The van der Waals surface area contributed by atoms with Gasteiger partial charge < -0.3 is 10.6 Å². The Morgan fingerprint density at radius 2 is 2.08 bits per heavy atom. The van der Waals surface area contributed by atoms with Crippen LogP contribution >= 0.6 is 0 Å². The third kappa shape index (κ3) is 4.28. The molecular weight excluding hydrogens is 316 g/mol. The molecule has 0 bridgehead atoms. The summed E-state index contributed by atoms with van der Waals surface area (Å²) in [6.45, 7) is 8.60. The average molecular weight is 344 g/mol. The van der Waals surface area contributed by atoms with Crippen molar-refractivity contribution < 1.29 is 4.79 Å². The van der Waals surface area contributed by atoms with E-state index in [0.717, 1.165) is 11.4 Å². The second kappa shape index (κ2) is 7.39. The monoisotopic (exact) mass is 344 g/mol. The molecule has 0 unspecified atom stereocenters. The molecule has 1 aliphatic carbocycles. The Morgan fingerprint density at radius 1 is 1.32 bits per heavy atom. The van der Waals surface area contributed by atoms with Crippen molar-refractivity contribution in [1.82, 2.24) is 24.9 Å². The van der Waals surface area contributed by atoms with Crippen LogP contribution < -0.4 is 10.6 Å². The van der Waals surface area contributed by atoms with Crippen LogP contribution in [0.3, 0.4) is 0 Å². The Morgan fingerprint density at radius 3 is 2.72 bits per heavy atom. The molecule has 0 aromatic carbocycles. The summed E-state index contributed by atoms with van der Waals surface area (Å²) in [6, 6.07) is 2.48. The van der Waals surface area contributed by atoms with E-state index < -0.39 is 0 Å². The Labute approximate surface area is 148 Å². The highest BCUT2D eigenvalue weighted by Crippen LogP contribution is 2.40. The highest BCUT2D eigenvalue weighted by molar-refractivity contribution is 5.91. The summed E-state index contributed by atoms with van der Waals surface area (Å²) < 4.78 is 3.85. The molecule has 3 rings (SSSR count). The minimum absolute atomic E-state index is 0.0551. The first-order valence-corrected chi connectivity index (χ1v) is 9.03. The van der Waals surface area contributed by atoms with E-state index in [1.807, 2.05) is 34.7 Å². The molecule has 7 heteroatoms. The molecule has 0 radical (unpaired) electrons. The van der Waals surface area contributed by atoms with Crippen molar-refractivity contribution in [2.45, 2.75) is 58.7 Å². The summed E-state index contributed by atoms with van der Waals surface area (Å²) in [7, 11) is 0. The predicted octanol–water partition coefficient (Wildman–Crippen LogP) is 2.54. The summed E-state index contributed by atoms with van der Waals surface area (Å²) >= 11 is 0. The fourth-order valence-corrected chi connectivity index (χ4v) is 3.01. The van der Waals surface area contributed by atoms with Crippen LogP contribution in [0, 0.1) is 12.8 Å². The van der Waals surface area contributed by atoms with Gasteiger partial charge in [-0.1, -0.05) is 0 Å². The third-order valence-corrected chi connectivity index (χ3v) is 5.08. The molecule has 25 heavy (non-hydrogen) atoms. The maximum Gasteiger partial charge on any atom is 0.239 e. The zero-order valence-corrected chi connectivity index (χ0v) is 15.4. The Hall–Kier alpha value is -2.15. The van der Waals surface area contributed by atoms with Crippen LogP contribution in [0.5, 0.6) is 0 Å². The van der Waals surface area contributed by atoms with Gasteiger partial charge in [0.05, 0.1) is 31.0 Å². The molecule has 2 aromatic rings. The minimum Gasteiger partial charge on any atom is -0.310 e. The summed E-state index contributed by atoms with van der Waals surface area (Å²) in [4.78, 5) is 12.3. The number of carbonyl (C=O) groups excluding carboxylic acids is 1. The average Bonchev–Trinajstić information content (AvgIpc) is 3.20. The Bertz CT molecular complexity index is 717. The number of nitrogens with one attached hydrogen (secondary N) is 2. The van der Waals surface area contributed by atoms with E-state index >= 15 is 0 Å². The van der Waals surface area contributed by atoms with Gasteiger partial charge in [0, 0.05) is 18.3 Å². The number of carbonyl (C=O) groups is 1. The molecule has 3 atom stereocenters. The van der Waals surface area contributed by atoms with Crippen LogP contribution in [0.15, 0.2) is 24.7 Å². The zero-order chi connectivity index (χ0) is 18.0. The highest BCUT2D eigenvalue weighted by atomic mass is 16.2. The van der Waals surface area contributed by atoms with Crippen molar-refractivity contribution in [3.8, 4) is 0 Å². The lowest BCUT2D eigenvalue weighted by Crippen LogP contribution is -2.39. The molecule has 0 aliphatic heterocycles. The molecule has 1 aliphatic rings. The van der Waals surface area contributed by atoms with Gasteiger partial charge in [-0.3, -0.25) is 9.48 Å². The maximum absolute atomic E-state index is 12.3. The molecule has 0 saturated heterocycles. The summed E-state index contributed by atoms with van der Waals surface area (Å²) in [6.07, 6.45) is 8.10. The number of hydrogen-bond acceptors (Lipinski definition) is 4. The number of amides is 1. The molecule has 0 spiro atoms. The van der Waals surface area contributed by atoms with Crippen molar-refractivity contribution in [2.75, 3.05) is 11.9 Å². The number of aryl methyl sites for hydroxylation is 1. The lowest BCUT2D eigenvalue weighted by atomic mass is 10.2. The molecule has 1 fully saturated rings. The van der Waals surface area contributed by atoms with Crippen LogP contribution in [-0.2, 0) is 4.79 Å². The van der Waals surface area contributed by atoms with Crippen molar-refractivity contribution in [2.24, 2.45) is 5.92 Å². The third-order valence-electron chi connectivity index (χ3n) is 5.08. The number of nitrogens with zero attached hydrogens (tertiary/aromatic N) is 4. The SMILES string of the molecule is Cc1cnn([C@H](C)[C@@H](C)NCC(=O)Nc2ccnn2[C@H](C)C2CC2)c1. The van der Waals surface area contributed by atoms with E-state index in [-0.39, 0.29) is 24.5 Å². The van der Waals surface area contributed by atoms with Gasteiger partial charge in [0.25, 0.3) is 0 Å². The lowest BCUT2D eigenvalue weighted by molar-refractivity contribution is -0.115. The van der Waals surface area contributed by atoms with Gasteiger partial charge in [0.1, 0.15) is 5.82 Å². The standard InChI is InChI=1S/C18H28N6O/c1-12-9-21-23(11-12)14(3)13(2)19-10-18(25)22-17-7-8-20-24(17)15(4)16-5-6-16/h7-9,11,13-16,19H,5-6,10H2,1-4H3,(H,22,25)/t13-,14-,15-/m1/s1. The zero-order valence-electron chi connectivity index (χ0n) is 15.4. The van der Waals surface area contributed by atoms with Gasteiger partial charge in [-0.25, -0.2) is 4.68 Å². The molecule has 136 valence electrons. The molecule has 2 heterocycles. The summed E-state index contributed by atoms with van der Waals surface area (Å²) in [5, 5.41) is 15.0. The number of aromatic nitrogens is 4. The van der Waals surface area contributed by atoms with Crippen LogP contribution in [-0.4, -0.2) is 38.1 Å². The first-order chi connectivity index (χ1) is 12.0. The second-order valence-electron chi connectivity index (χ2n) is 7.20. The predicted molar refractivity (Wildman–Crippen MR) is 97.4 cm³/mol. The van der Waals surface area contributed by atoms with E-state index in [0.29, 0.717) is 12.0 Å². The van der Waals surface area contributed by atoms with E-state index in [4.69, 9.17) is 0 Å². The quantitative estimate of drug-likeness (QED) is 0.771. The highest BCUT2D eigenvalue weighted by Gasteiger charge is 2.30. The first-order valence-electron chi connectivity index (χ1n) is 9.03. The summed E-state index contributed by atoms with van der Waals surface area (Å²) in [5.74, 6) is 1.40. The van der Waals surface area contributed by atoms with Crippen molar-refractivity contribution in [3.05, 3.63) is 30.2 Å². The number of anilines is 1. The molecule has 7 nitrogen and oxygen atoms in total. The van der Waals surface area contributed by atoms with Crippen molar-refractivity contribution in [3.63, 3.8) is 0 Å². The maximum atomic E-state index is 12.3. The van der Waals surface area contributed by atoms with Crippen LogP contribution in [0.4, 0.5) is 5.82 Å². The van der Waals surface area contributed by atoms with Gasteiger partial charge in [0.15, 0.2) is 0 Å². The molecule has 2 aromatic heterocycles. The second-order valence-corrected chi connectivity index (χ2v) is 7.20. The molecule has 1 amide bonds. The molecular formula is C18H28N6O. The minimum atomic E-state index is -0.0551. The largest absolute Gasteiger partial charge is 0.310 e. The molecule has 2 N–H and O–H groups in total. The van der Waals surface area contributed by atoms with Gasteiger partial charge in [-0.2, -0.15) is 10.2 Å². The topological polar surface area (TPSA) is 76.8 Å². The van der Waals surface area contributed by atoms with Crippen molar-refractivity contribution >= 4 is 11.7 Å². The first kappa shape index (κ1) is 17.7. The van der Waals surface area contributed by atoms with Gasteiger partial charge in [-0.15, -0.1) is 0 Å². The van der Waals surface area contributed by atoms with Crippen LogP contribution in [0.1, 0.15) is 51.3 Å². The normalized spacial score (nSPS) is 17.9.